The summed E-state index contributed by atoms with van der Waals surface area (Å²) in [5, 5.41) is 4.53. The molecule has 0 bridgehead atoms. The Hall–Kier alpha value is -4.33. The van der Waals surface area contributed by atoms with E-state index in [1.165, 1.54) is 0 Å². The molecule has 0 aliphatic carbocycles. The topological polar surface area (TPSA) is 83.8 Å². The summed E-state index contributed by atoms with van der Waals surface area (Å²) >= 11 is 0. The average molecular weight is 442 g/mol. The van der Waals surface area contributed by atoms with Gasteiger partial charge in [0.05, 0.1) is 32.0 Å². The number of rotatable bonds is 6. The Kier molecular flexibility index (Phi) is 5.18. The van der Waals surface area contributed by atoms with Crippen molar-refractivity contribution in [3.05, 3.63) is 88.8 Å². The maximum absolute atomic E-state index is 13.2. The zero-order chi connectivity index (χ0) is 22.9. The van der Waals surface area contributed by atoms with E-state index in [2.05, 4.69) is 10.1 Å². The number of methoxy groups -OCH3 is 2. The van der Waals surface area contributed by atoms with E-state index in [9.17, 15) is 4.79 Å². The van der Waals surface area contributed by atoms with Crippen LogP contribution in [0.15, 0.2) is 76.2 Å². The molecule has 0 amide bonds. The van der Waals surface area contributed by atoms with Crippen LogP contribution in [-0.4, -0.2) is 33.4 Å². The SMILES string of the molecule is COc1cccc(-c2nc(Cn3ccn4nc(-c5ccccc5)cc4c3=O)c(C)o2)c1OC. The summed E-state index contributed by atoms with van der Waals surface area (Å²) < 4.78 is 20.0. The molecule has 2 aromatic carbocycles. The largest absolute Gasteiger partial charge is 0.493 e. The first-order valence-electron chi connectivity index (χ1n) is 10.4. The van der Waals surface area contributed by atoms with E-state index in [1.807, 2.05) is 55.5 Å². The summed E-state index contributed by atoms with van der Waals surface area (Å²) in [6.45, 7) is 2.09. The third-order valence-electron chi connectivity index (χ3n) is 5.52. The van der Waals surface area contributed by atoms with E-state index < -0.39 is 0 Å². The Bertz CT molecular complexity index is 1500. The van der Waals surface area contributed by atoms with Gasteiger partial charge in [0.2, 0.25) is 5.89 Å². The fraction of sp³-hybridized carbons (Fsp3) is 0.160. The second-order valence-corrected chi connectivity index (χ2v) is 7.52. The smallest absolute Gasteiger partial charge is 0.276 e. The molecule has 8 heteroatoms. The molecule has 0 spiro atoms. The zero-order valence-corrected chi connectivity index (χ0v) is 18.5. The minimum absolute atomic E-state index is 0.157. The molecule has 3 heterocycles. The van der Waals surface area contributed by atoms with Crippen LogP contribution in [0.1, 0.15) is 11.5 Å². The van der Waals surface area contributed by atoms with Crippen molar-refractivity contribution in [3.8, 4) is 34.2 Å². The van der Waals surface area contributed by atoms with E-state index >= 15 is 0 Å². The number of oxazole rings is 1. The summed E-state index contributed by atoms with van der Waals surface area (Å²) in [6, 6.07) is 17.1. The molecule has 0 saturated heterocycles. The highest BCUT2D eigenvalue weighted by atomic mass is 16.5. The molecular weight excluding hydrogens is 420 g/mol. The normalized spacial score (nSPS) is 11.1. The van der Waals surface area contributed by atoms with Crippen LogP contribution in [0.5, 0.6) is 11.5 Å². The molecule has 0 aliphatic heterocycles. The monoisotopic (exact) mass is 442 g/mol. The van der Waals surface area contributed by atoms with Crippen molar-refractivity contribution in [2.24, 2.45) is 0 Å². The molecule has 5 rings (SSSR count). The van der Waals surface area contributed by atoms with Crippen LogP contribution in [0, 0.1) is 6.92 Å². The van der Waals surface area contributed by atoms with Crippen molar-refractivity contribution < 1.29 is 13.9 Å². The molecule has 8 nitrogen and oxygen atoms in total. The van der Waals surface area contributed by atoms with Gasteiger partial charge in [-0.05, 0) is 25.1 Å². The van der Waals surface area contributed by atoms with Gasteiger partial charge >= 0.3 is 0 Å². The fourth-order valence-electron chi connectivity index (χ4n) is 3.81. The minimum atomic E-state index is -0.157. The highest BCUT2D eigenvalue weighted by Gasteiger charge is 2.19. The van der Waals surface area contributed by atoms with Crippen molar-refractivity contribution in [2.75, 3.05) is 14.2 Å². The van der Waals surface area contributed by atoms with Gasteiger partial charge in [0.15, 0.2) is 11.5 Å². The first kappa shape index (κ1) is 20.6. The second kappa shape index (κ2) is 8.31. The van der Waals surface area contributed by atoms with Crippen LogP contribution in [0.4, 0.5) is 0 Å². The molecule has 0 aliphatic rings. The van der Waals surface area contributed by atoms with Gasteiger partial charge in [-0.3, -0.25) is 4.79 Å². The summed E-state index contributed by atoms with van der Waals surface area (Å²) in [5.41, 5.74) is 3.37. The molecule has 0 unspecified atom stereocenters. The van der Waals surface area contributed by atoms with E-state index in [0.717, 1.165) is 11.3 Å². The van der Waals surface area contributed by atoms with Crippen LogP contribution in [-0.2, 0) is 6.54 Å². The number of hydrogen-bond acceptors (Lipinski definition) is 6. The van der Waals surface area contributed by atoms with E-state index in [1.54, 1.807) is 41.8 Å². The first-order chi connectivity index (χ1) is 16.1. The van der Waals surface area contributed by atoms with Crippen LogP contribution in [0.2, 0.25) is 0 Å². The van der Waals surface area contributed by atoms with E-state index in [0.29, 0.717) is 39.9 Å². The molecule has 3 aromatic heterocycles. The lowest BCUT2D eigenvalue weighted by Crippen LogP contribution is -2.22. The van der Waals surface area contributed by atoms with Gasteiger partial charge in [0, 0.05) is 18.0 Å². The Morgan fingerprint density at radius 2 is 1.82 bits per heavy atom. The van der Waals surface area contributed by atoms with Crippen molar-refractivity contribution in [1.82, 2.24) is 19.2 Å². The van der Waals surface area contributed by atoms with Crippen molar-refractivity contribution in [2.45, 2.75) is 13.5 Å². The van der Waals surface area contributed by atoms with Crippen molar-refractivity contribution >= 4 is 5.52 Å². The molecule has 0 fully saturated rings. The summed E-state index contributed by atoms with van der Waals surface area (Å²) in [5.74, 6) is 2.16. The average Bonchev–Trinajstić information content (AvgIpc) is 3.45. The van der Waals surface area contributed by atoms with E-state index in [-0.39, 0.29) is 12.1 Å². The Labute approximate surface area is 189 Å². The van der Waals surface area contributed by atoms with Gasteiger partial charge in [0.1, 0.15) is 17.0 Å². The Balaban J connectivity index is 1.50. The number of benzene rings is 2. The predicted octanol–water partition coefficient (Wildman–Crippen LogP) is 4.19. The third-order valence-corrected chi connectivity index (χ3v) is 5.52. The quantitative estimate of drug-likeness (QED) is 0.392. The maximum Gasteiger partial charge on any atom is 0.276 e. The molecule has 166 valence electrons. The Morgan fingerprint density at radius 1 is 1.00 bits per heavy atom. The number of aromatic nitrogens is 4. The van der Waals surface area contributed by atoms with E-state index in [4.69, 9.17) is 13.9 Å². The van der Waals surface area contributed by atoms with Gasteiger partial charge in [-0.15, -0.1) is 0 Å². The zero-order valence-electron chi connectivity index (χ0n) is 18.5. The number of hydrogen-bond donors (Lipinski definition) is 0. The Morgan fingerprint density at radius 3 is 2.58 bits per heavy atom. The first-order valence-corrected chi connectivity index (χ1v) is 10.4. The minimum Gasteiger partial charge on any atom is -0.493 e. The lowest BCUT2D eigenvalue weighted by Gasteiger charge is -2.10. The number of ether oxygens (including phenoxy) is 2. The molecule has 5 aromatic rings. The van der Waals surface area contributed by atoms with Gasteiger partial charge in [-0.2, -0.15) is 5.10 Å². The molecule has 0 saturated carbocycles. The van der Waals surface area contributed by atoms with Crippen LogP contribution < -0.4 is 15.0 Å². The van der Waals surface area contributed by atoms with Crippen molar-refractivity contribution in [3.63, 3.8) is 0 Å². The third kappa shape index (κ3) is 3.65. The molecule has 0 radical (unpaired) electrons. The van der Waals surface area contributed by atoms with Crippen LogP contribution in [0.3, 0.4) is 0 Å². The number of para-hydroxylation sites is 1. The van der Waals surface area contributed by atoms with Gasteiger partial charge < -0.3 is 18.5 Å². The number of nitrogens with zero attached hydrogens (tertiary/aromatic N) is 4. The lowest BCUT2D eigenvalue weighted by molar-refractivity contribution is 0.355. The maximum atomic E-state index is 13.2. The molecule has 33 heavy (non-hydrogen) atoms. The van der Waals surface area contributed by atoms with Gasteiger partial charge in [-0.1, -0.05) is 36.4 Å². The number of aryl methyl sites for hydroxylation is 1. The summed E-state index contributed by atoms with van der Waals surface area (Å²) in [7, 11) is 3.15. The molecule has 0 N–H and O–H groups in total. The predicted molar refractivity (Wildman–Crippen MR) is 124 cm³/mol. The van der Waals surface area contributed by atoms with Gasteiger partial charge in [-0.25, -0.2) is 9.50 Å². The van der Waals surface area contributed by atoms with Gasteiger partial charge in [0.25, 0.3) is 5.56 Å². The van der Waals surface area contributed by atoms with Crippen LogP contribution in [0.25, 0.3) is 28.2 Å². The second-order valence-electron chi connectivity index (χ2n) is 7.52. The standard InChI is InChI=1S/C25H22N4O4/c1-16-20(26-24(33-16)18-10-7-11-22(31-2)23(18)32-3)15-28-12-13-29-21(25(28)30)14-19(27-29)17-8-5-4-6-9-17/h4-14H,15H2,1-3H3. The summed E-state index contributed by atoms with van der Waals surface area (Å²) in [4.78, 5) is 17.8. The lowest BCUT2D eigenvalue weighted by atomic mass is 10.1. The van der Waals surface area contributed by atoms with Crippen molar-refractivity contribution in [1.29, 1.82) is 0 Å². The highest BCUT2D eigenvalue weighted by molar-refractivity contribution is 5.68. The highest BCUT2D eigenvalue weighted by Crippen LogP contribution is 2.38. The fourth-order valence-corrected chi connectivity index (χ4v) is 3.81. The number of fused-ring (bicyclic) bond motifs is 1. The molecular formula is C25H22N4O4. The van der Waals surface area contributed by atoms with Crippen LogP contribution >= 0.6 is 0 Å². The summed E-state index contributed by atoms with van der Waals surface area (Å²) in [6.07, 6.45) is 3.47. The molecule has 0 atom stereocenters.